The van der Waals surface area contributed by atoms with Gasteiger partial charge in [0.05, 0.1) is 12.2 Å². The van der Waals surface area contributed by atoms with Gasteiger partial charge >= 0.3 is 0 Å². The second-order valence-corrected chi connectivity index (χ2v) is 4.92. The maximum atomic E-state index is 11.4. The SMILES string of the molecule is CCC(=O)NCc1c(C)nn(Cc2ccccc2)c1C. The molecule has 0 aliphatic rings. The van der Waals surface area contributed by atoms with Gasteiger partial charge in [-0.15, -0.1) is 0 Å². The lowest BCUT2D eigenvalue weighted by atomic mass is 10.2. The molecule has 2 aromatic rings. The number of hydrogen-bond acceptors (Lipinski definition) is 2. The van der Waals surface area contributed by atoms with E-state index in [2.05, 4.69) is 29.5 Å². The first-order valence-corrected chi connectivity index (χ1v) is 6.95. The van der Waals surface area contributed by atoms with Crippen LogP contribution < -0.4 is 5.32 Å². The summed E-state index contributed by atoms with van der Waals surface area (Å²) in [6, 6.07) is 10.3. The molecule has 20 heavy (non-hydrogen) atoms. The van der Waals surface area contributed by atoms with Crippen molar-refractivity contribution in [3.05, 3.63) is 52.8 Å². The number of aromatic nitrogens is 2. The summed E-state index contributed by atoms with van der Waals surface area (Å²) in [4.78, 5) is 11.4. The van der Waals surface area contributed by atoms with Gasteiger partial charge in [-0.05, 0) is 19.4 Å². The summed E-state index contributed by atoms with van der Waals surface area (Å²) in [7, 11) is 0. The van der Waals surface area contributed by atoms with Crippen LogP contribution in [0, 0.1) is 13.8 Å². The van der Waals surface area contributed by atoms with Gasteiger partial charge in [0.1, 0.15) is 0 Å². The Kier molecular flexibility index (Phi) is 4.56. The average Bonchev–Trinajstić information content (AvgIpc) is 2.72. The van der Waals surface area contributed by atoms with E-state index in [-0.39, 0.29) is 5.91 Å². The van der Waals surface area contributed by atoms with E-state index in [0.29, 0.717) is 13.0 Å². The molecular formula is C16H21N3O. The van der Waals surface area contributed by atoms with Crippen molar-refractivity contribution in [1.29, 1.82) is 0 Å². The minimum Gasteiger partial charge on any atom is -0.352 e. The molecule has 1 heterocycles. The normalized spacial score (nSPS) is 10.6. The zero-order valence-corrected chi connectivity index (χ0v) is 12.3. The number of amides is 1. The summed E-state index contributed by atoms with van der Waals surface area (Å²) in [5.41, 5.74) is 4.43. The number of nitrogens with one attached hydrogen (secondary N) is 1. The Morgan fingerprint density at radius 2 is 1.95 bits per heavy atom. The van der Waals surface area contributed by atoms with Gasteiger partial charge in [0.15, 0.2) is 0 Å². The second kappa shape index (κ2) is 6.37. The molecule has 1 aromatic heterocycles. The van der Waals surface area contributed by atoms with Gasteiger partial charge in [0, 0.05) is 24.2 Å². The highest BCUT2D eigenvalue weighted by Gasteiger charge is 2.12. The Morgan fingerprint density at radius 1 is 1.25 bits per heavy atom. The lowest BCUT2D eigenvalue weighted by molar-refractivity contribution is -0.120. The molecule has 4 nitrogen and oxygen atoms in total. The molecule has 106 valence electrons. The van der Waals surface area contributed by atoms with Crippen molar-refractivity contribution in [3.63, 3.8) is 0 Å². The minimum absolute atomic E-state index is 0.0691. The zero-order valence-electron chi connectivity index (χ0n) is 12.3. The smallest absolute Gasteiger partial charge is 0.219 e. The van der Waals surface area contributed by atoms with Crippen LogP contribution in [0.15, 0.2) is 30.3 Å². The number of benzene rings is 1. The fourth-order valence-electron chi connectivity index (χ4n) is 2.21. The fourth-order valence-corrected chi connectivity index (χ4v) is 2.21. The largest absolute Gasteiger partial charge is 0.352 e. The van der Waals surface area contributed by atoms with Crippen LogP contribution in [-0.2, 0) is 17.9 Å². The first kappa shape index (κ1) is 14.3. The monoisotopic (exact) mass is 271 g/mol. The number of carbonyl (C=O) groups is 1. The highest BCUT2D eigenvalue weighted by molar-refractivity contribution is 5.75. The molecule has 2 rings (SSSR count). The molecule has 0 saturated heterocycles. The van der Waals surface area contributed by atoms with Crippen molar-refractivity contribution in [3.8, 4) is 0 Å². The molecule has 0 aliphatic heterocycles. The standard InChI is InChI=1S/C16H21N3O/c1-4-16(20)17-10-15-12(2)18-19(13(15)3)11-14-8-6-5-7-9-14/h5-9H,4,10-11H2,1-3H3,(H,17,20). The van der Waals surface area contributed by atoms with Crippen molar-refractivity contribution in [2.24, 2.45) is 0 Å². The van der Waals surface area contributed by atoms with E-state index in [1.807, 2.05) is 36.7 Å². The summed E-state index contributed by atoms with van der Waals surface area (Å²) in [6.45, 7) is 7.21. The van der Waals surface area contributed by atoms with E-state index >= 15 is 0 Å². The predicted molar refractivity (Wildman–Crippen MR) is 79.4 cm³/mol. The van der Waals surface area contributed by atoms with Crippen molar-refractivity contribution >= 4 is 5.91 Å². The number of hydrogen-bond donors (Lipinski definition) is 1. The summed E-state index contributed by atoms with van der Waals surface area (Å²) >= 11 is 0. The number of aryl methyl sites for hydroxylation is 1. The highest BCUT2D eigenvalue weighted by Crippen LogP contribution is 2.14. The molecule has 1 aromatic carbocycles. The van der Waals surface area contributed by atoms with Crippen LogP contribution in [0.25, 0.3) is 0 Å². The summed E-state index contributed by atoms with van der Waals surface area (Å²) in [5.74, 6) is 0.0691. The zero-order chi connectivity index (χ0) is 14.5. The van der Waals surface area contributed by atoms with Crippen LogP contribution in [0.3, 0.4) is 0 Å². The fraction of sp³-hybridized carbons (Fsp3) is 0.375. The first-order valence-electron chi connectivity index (χ1n) is 6.95. The van der Waals surface area contributed by atoms with Crippen LogP contribution in [-0.4, -0.2) is 15.7 Å². The molecule has 0 radical (unpaired) electrons. The molecule has 0 spiro atoms. The van der Waals surface area contributed by atoms with Crippen LogP contribution in [0.5, 0.6) is 0 Å². The molecule has 1 N–H and O–H groups in total. The van der Waals surface area contributed by atoms with Crippen LogP contribution in [0.4, 0.5) is 0 Å². The van der Waals surface area contributed by atoms with E-state index in [4.69, 9.17) is 0 Å². The summed E-state index contributed by atoms with van der Waals surface area (Å²) < 4.78 is 2.00. The number of nitrogens with zero attached hydrogens (tertiary/aromatic N) is 2. The third-order valence-corrected chi connectivity index (χ3v) is 3.49. The Morgan fingerprint density at radius 3 is 2.60 bits per heavy atom. The maximum Gasteiger partial charge on any atom is 0.219 e. The molecule has 0 unspecified atom stereocenters. The summed E-state index contributed by atoms with van der Waals surface area (Å²) in [5, 5.41) is 7.49. The van der Waals surface area contributed by atoms with Crippen LogP contribution in [0.2, 0.25) is 0 Å². The number of rotatable bonds is 5. The van der Waals surface area contributed by atoms with E-state index in [1.54, 1.807) is 0 Å². The van der Waals surface area contributed by atoms with Gasteiger partial charge in [0.25, 0.3) is 0 Å². The molecule has 0 atom stereocenters. The van der Waals surface area contributed by atoms with E-state index in [1.165, 1.54) is 5.56 Å². The molecule has 0 aliphatic carbocycles. The third kappa shape index (κ3) is 3.26. The third-order valence-electron chi connectivity index (χ3n) is 3.49. The minimum atomic E-state index is 0.0691. The van der Waals surface area contributed by atoms with Gasteiger partial charge in [-0.25, -0.2) is 0 Å². The van der Waals surface area contributed by atoms with E-state index in [9.17, 15) is 4.79 Å². The van der Waals surface area contributed by atoms with E-state index in [0.717, 1.165) is 23.5 Å². The van der Waals surface area contributed by atoms with Gasteiger partial charge in [-0.2, -0.15) is 5.10 Å². The average molecular weight is 271 g/mol. The highest BCUT2D eigenvalue weighted by atomic mass is 16.1. The predicted octanol–water partition coefficient (Wildman–Crippen LogP) is 2.57. The number of carbonyl (C=O) groups excluding carboxylic acids is 1. The first-order chi connectivity index (χ1) is 9.61. The van der Waals surface area contributed by atoms with Crippen molar-refractivity contribution < 1.29 is 4.79 Å². The van der Waals surface area contributed by atoms with Crippen molar-refractivity contribution in [2.45, 2.75) is 40.3 Å². The van der Waals surface area contributed by atoms with Crippen LogP contribution >= 0.6 is 0 Å². The van der Waals surface area contributed by atoms with Crippen molar-refractivity contribution in [2.75, 3.05) is 0 Å². The Hall–Kier alpha value is -2.10. The quantitative estimate of drug-likeness (QED) is 0.908. The van der Waals surface area contributed by atoms with Gasteiger partial charge in [-0.1, -0.05) is 37.3 Å². The Bertz CT molecular complexity index is 587. The van der Waals surface area contributed by atoms with Gasteiger partial charge < -0.3 is 5.32 Å². The van der Waals surface area contributed by atoms with Crippen LogP contribution in [0.1, 0.15) is 35.9 Å². The molecule has 0 fully saturated rings. The van der Waals surface area contributed by atoms with Gasteiger partial charge in [-0.3, -0.25) is 9.48 Å². The molecule has 0 bridgehead atoms. The molecule has 0 saturated carbocycles. The van der Waals surface area contributed by atoms with Crippen molar-refractivity contribution in [1.82, 2.24) is 15.1 Å². The Balaban J connectivity index is 2.14. The lowest BCUT2D eigenvalue weighted by Crippen LogP contribution is -2.22. The maximum absolute atomic E-state index is 11.4. The second-order valence-electron chi connectivity index (χ2n) is 4.92. The molecular weight excluding hydrogens is 250 g/mol. The molecule has 1 amide bonds. The topological polar surface area (TPSA) is 46.9 Å². The summed E-state index contributed by atoms with van der Waals surface area (Å²) in [6.07, 6.45) is 0.510. The Labute approximate surface area is 119 Å². The van der Waals surface area contributed by atoms with Gasteiger partial charge in [0.2, 0.25) is 5.91 Å². The van der Waals surface area contributed by atoms with E-state index < -0.39 is 0 Å². The molecule has 4 heteroatoms. The lowest BCUT2D eigenvalue weighted by Gasteiger charge is -2.06.